The number of fused-ring (bicyclic) bond motifs is 1. The van der Waals surface area contributed by atoms with Crippen LogP contribution in [0.4, 0.5) is 0 Å². The van der Waals surface area contributed by atoms with Crippen LogP contribution < -0.4 is 15.8 Å². The number of halogens is 1. The molecule has 1 atom stereocenters. The number of aliphatic imine (C=N–C) groups is 1. The zero-order valence-corrected chi connectivity index (χ0v) is 17.4. The maximum atomic E-state index is 6.18. The van der Waals surface area contributed by atoms with Gasteiger partial charge in [-0.05, 0) is 42.9 Å². The fourth-order valence-corrected chi connectivity index (χ4v) is 3.91. The molecule has 5 heteroatoms. The monoisotopic (exact) mass is 463 g/mol. The Balaban J connectivity index is 0.00000196. The number of hydrogen-bond donors (Lipinski definition) is 2. The molecule has 2 aromatic rings. The average Bonchev–Trinajstić information content (AvgIpc) is 2.59. The van der Waals surface area contributed by atoms with Crippen molar-refractivity contribution in [3.8, 4) is 5.75 Å². The van der Waals surface area contributed by atoms with E-state index in [2.05, 4.69) is 42.6 Å². The molecule has 0 amide bonds. The molecular formula is C21H26IN3O. The molecule has 1 aliphatic heterocycles. The van der Waals surface area contributed by atoms with E-state index in [9.17, 15) is 0 Å². The highest BCUT2D eigenvalue weighted by atomic mass is 127. The highest BCUT2D eigenvalue weighted by Crippen LogP contribution is 2.38. The van der Waals surface area contributed by atoms with Crippen molar-refractivity contribution in [2.75, 3.05) is 6.61 Å². The van der Waals surface area contributed by atoms with Gasteiger partial charge in [0.05, 0.1) is 12.6 Å². The first-order valence-corrected chi connectivity index (χ1v) is 9.08. The summed E-state index contributed by atoms with van der Waals surface area (Å²) in [4.78, 5) is 4.72. The van der Waals surface area contributed by atoms with Crippen LogP contribution >= 0.6 is 24.0 Å². The van der Waals surface area contributed by atoms with Gasteiger partial charge in [0, 0.05) is 18.0 Å². The zero-order chi connectivity index (χ0) is 17.2. The van der Waals surface area contributed by atoms with Crippen LogP contribution in [0.25, 0.3) is 0 Å². The second-order valence-corrected chi connectivity index (χ2v) is 7.07. The number of rotatable bonds is 3. The van der Waals surface area contributed by atoms with Crippen LogP contribution in [0.1, 0.15) is 47.9 Å². The Morgan fingerprint density at radius 3 is 2.54 bits per heavy atom. The van der Waals surface area contributed by atoms with Gasteiger partial charge in [0.25, 0.3) is 0 Å². The van der Waals surface area contributed by atoms with Crippen LogP contribution in [-0.2, 0) is 0 Å². The summed E-state index contributed by atoms with van der Waals surface area (Å²) in [5.41, 5.74) is 10.2. The number of nitrogens with one attached hydrogen (secondary N) is 1. The van der Waals surface area contributed by atoms with Crippen LogP contribution in [0.15, 0.2) is 53.5 Å². The van der Waals surface area contributed by atoms with Crippen LogP contribution in [0.3, 0.4) is 0 Å². The minimum absolute atomic E-state index is 0. The Bertz CT molecular complexity index is 786. The molecule has 26 heavy (non-hydrogen) atoms. The van der Waals surface area contributed by atoms with Gasteiger partial charge in [-0.2, -0.15) is 0 Å². The molecule has 1 saturated carbocycles. The van der Waals surface area contributed by atoms with E-state index >= 15 is 0 Å². The van der Waals surface area contributed by atoms with Crippen molar-refractivity contribution in [2.24, 2.45) is 10.7 Å². The number of nitrogens with two attached hydrogens (primary N) is 1. The van der Waals surface area contributed by atoms with Crippen LogP contribution in [-0.4, -0.2) is 18.6 Å². The predicted octanol–water partition coefficient (Wildman–Crippen LogP) is 4.29. The molecule has 0 spiro atoms. The smallest absolute Gasteiger partial charge is 0.189 e. The van der Waals surface area contributed by atoms with Gasteiger partial charge in [-0.15, -0.1) is 24.0 Å². The summed E-state index contributed by atoms with van der Waals surface area (Å²) in [6.07, 6.45) is 3.10. The van der Waals surface area contributed by atoms with Gasteiger partial charge in [-0.1, -0.05) is 42.5 Å². The Kier molecular flexibility index (Phi) is 6.06. The molecule has 0 saturated heterocycles. The summed E-state index contributed by atoms with van der Waals surface area (Å²) < 4.78 is 5.69. The molecule has 1 heterocycles. The Morgan fingerprint density at radius 2 is 1.77 bits per heavy atom. The molecule has 0 bridgehead atoms. The minimum Gasteiger partial charge on any atom is -0.493 e. The fourth-order valence-electron chi connectivity index (χ4n) is 3.91. The van der Waals surface area contributed by atoms with Crippen molar-refractivity contribution < 1.29 is 4.74 Å². The van der Waals surface area contributed by atoms with Crippen molar-refractivity contribution in [3.05, 3.63) is 65.2 Å². The van der Waals surface area contributed by atoms with Crippen molar-refractivity contribution in [3.63, 3.8) is 0 Å². The third-order valence-corrected chi connectivity index (χ3v) is 5.34. The Hall–Kier alpha value is -1.76. The molecule has 4 rings (SSSR count). The topological polar surface area (TPSA) is 59.6 Å². The van der Waals surface area contributed by atoms with E-state index in [0.29, 0.717) is 24.5 Å². The zero-order valence-electron chi connectivity index (χ0n) is 15.0. The molecule has 138 valence electrons. The largest absolute Gasteiger partial charge is 0.493 e. The second kappa shape index (κ2) is 8.29. The lowest BCUT2D eigenvalue weighted by molar-refractivity contribution is 0.269. The second-order valence-electron chi connectivity index (χ2n) is 7.07. The molecule has 1 fully saturated rings. The molecule has 2 aromatic carbocycles. The third kappa shape index (κ3) is 3.98. The molecule has 4 nitrogen and oxygen atoms in total. The summed E-state index contributed by atoms with van der Waals surface area (Å²) in [5, 5.41) is 3.40. The average molecular weight is 463 g/mol. The Labute approximate surface area is 172 Å². The van der Waals surface area contributed by atoms with E-state index < -0.39 is 0 Å². The number of guanidine groups is 1. The summed E-state index contributed by atoms with van der Waals surface area (Å²) >= 11 is 0. The van der Waals surface area contributed by atoms with Gasteiger partial charge >= 0.3 is 0 Å². The normalized spacial score (nSPS) is 24.5. The standard InChI is InChI=1S/C21H25N3O.HI/c1-14-6-2-3-7-17(14)15-12-16(13-15)23-21(22)24-19-10-11-25-20-9-5-4-8-18(19)20;/h2-9,15-16,19H,10-13H2,1H3,(H3,22,23,24);1H. The van der Waals surface area contributed by atoms with Gasteiger partial charge in [-0.25, -0.2) is 4.99 Å². The highest BCUT2D eigenvalue weighted by molar-refractivity contribution is 14.0. The van der Waals surface area contributed by atoms with Gasteiger partial charge in [-0.3, -0.25) is 0 Å². The van der Waals surface area contributed by atoms with Crippen LogP contribution in [0.5, 0.6) is 5.75 Å². The first-order chi connectivity index (χ1) is 12.2. The Morgan fingerprint density at radius 1 is 1.08 bits per heavy atom. The maximum absolute atomic E-state index is 6.18. The predicted molar refractivity (Wildman–Crippen MR) is 116 cm³/mol. The number of hydrogen-bond acceptors (Lipinski definition) is 2. The SMILES string of the molecule is Cc1ccccc1C1CC(NC(N)=NC2CCOc3ccccc32)C1.I. The molecule has 1 aliphatic carbocycles. The van der Waals surface area contributed by atoms with Crippen LogP contribution in [0, 0.1) is 6.92 Å². The molecule has 0 aromatic heterocycles. The first kappa shape index (κ1) is 19.0. The number of nitrogens with zero attached hydrogens (tertiary/aromatic N) is 1. The third-order valence-electron chi connectivity index (χ3n) is 5.34. The van der Waals surface area contributed by atoms with Crippen molar-refractivity contribution in [1.29, 1.82) is 0 Å². The van der Waals surface area contributed by atoms with Crippen LogP contribution in [0.2, 0.25) is 0 Å². The summed E-state index contributed by atoms with van der Waals surface area (Å²) in [6, 6.07) is 17.3. The van der Waals surface area contributed by atoms with Crippen molar-refractivity contribution in [1.82, 2.24) is 5.32 Å². The van der Waals surface area contributed by atoms with Crippen molar-refractivity contribution >= 4 is 29.9 Å². The molecular weight excluding hydrogens is 437 g/mol. The molecule has 0 radical (unpaired) electrons. The van der Waals surface area contributed by atoms with Gasteiger partial charge in [0.1, 0.15) is 5.75 Å². The van der Waals surface area contributed by atoms with E-state index in [1.165, 1.54) is 11.1 Å². The quantitative estimate of drug-likeness (QED) is 0.406. The molecule has 1 unspecified atom stereocenters. The number of ether oxygens (including phenoxy) is 1. The van der Waals surface area contributed by atoms with E-state index in [-0.39, 0.29) is 30.0 Å². The number of aryl methyl sites for hydroxylation is 1. The highest BCUT2D eigenvalue weighted by Gasteiger charge is 2.31. The lowest BCUT2D eigenvalue weighted by Crippen LogP contribution is -2.47. The molecule has 3 N–H and O–H groups in total. The maximum Gasteiger partial charge on any atom is 0.189 e. The summed E-state index contributed by atoms with van der Waals surface area (Å²) in [6.45, 7) is 2.88. The lowest BCUT2D eigenvalue weighted by Gasteiger charge is -2.37. The van der Waals surface area contributed by atoms with Gasteiger partial charge < -0.3 is 15.8 Å². The summed E-state index contributed by atoms with van der Waals surface area (Å²) in [5.74, 6) is 2.11. The lowest BCUT2D eigenvalue weighted by atomic mass is 9.74. The van der Waals surface area contributed by atoms with E-state index in [1.807, 2.05) is 18.2 Å². The van der Waals surface area contributed by atoms with Gasteiger partial charge in [0.15, 0.2) is 5.96 Å². The number of benzene rings is 2. The molecule has 2 aliphatic rings. The van der Waals surface area contributed by atoms with Gasteiger partial charge in [0.2, 0.25) is 0 Å². The first-order valence-electron chi connectivity index (χ1n) is 9.08. The van der Waals surface area contributed by atoms with E-state index in [0.717, 1.165) is 30.6 Å². The van der Waals surface area contributed by atoms with E-state index in [1.54, 1.807) is 0 Å². The summed E-state index contributed by atoms with van der Waals surface area (Å²) in [7, 11) is 0. The fraction of sp³-hybridized carbons (Fsp3) is 0.381. The number of para-hydroxylation sites is 1. The van der Waals surface area contributed by atoms with Crippen molar-refractivity contribution in [2.45, 2.75) is 44.2 Å². The van der Waals surface area contributed by atoms with E-state index in [4.69, 9.17) is 15.5 Å². The minimum atomic E-state index is 0.